The molecule has 1 aliphatic heterocycles. The highest BCUT2D eigenvalue weighted by atomic mass is 16.4. The van der Waals surface area contributed by atoms with Crippen molar-refractivity contribution in [2.24, 2.45) is 11.8 Å². The summed E-state index contributed by atoms with van der Waals surface area (Å²) in [4.78, 5) is 49.3. The molecule has 0 saturated carbocycles. The average Bonchev–Trinajstić information content (AvgIpc) is 2.62. The predicted molar refractivity (Wildman–Crippen MR) is 96.2 cm³/mol. The molecule has 0 radical (unpaired) electrons. The molecule has 1 aliphatic rings. The Kier molecular flexibility index (Phi) is 8.28. The molecule has 1 rings (SSSR count). The summed E-state index contributed by atoms with van der Waals surface area (Å²) in [5.74, 6) is -1.49. The van der Waals surface area contributed by atoms with Crippen LogP contribution in [0.3, 0.4) is 0 Å². The van der Waals surface area contributed by atoms with Gasteiger partial charge < -0.3 is 20.2 Å². The summed E-state index contributed by atoms with van der Waals surface area (Å²) in [6, 6.07) is -0.281. The molecule has 0 aromatic heterocycles. The van der Waals surface area contributed by atoms with Crippen molar-refractivity contribution >= 4 is 24.2 Å². The first-order chi connectivity index (χ1) is 12.2. The van der Waals surface area contributed by atoms with Crippen LogP contribution in [0, 0.1) is 11.8 Å². The molecule has 1 saturated heterocycles. The number of piperidine rings is 1. The maximum absolute atomic E-state index is 12.6. The third kappa shape index (κ3) is 5.86. The highest BCUT2D eigenvalue weighted by Gasteiger charge is 2.28. The molecule has 0 bridgehead atoms. The van der Waals surface area contributed by atoms with Crippen LogP contribution in [0.25, 0.3) is 0 Å². The molecule has 0 spiro atoms. The van der Waals surface area contributed by atoms with E-state index in [1.807, 2.05) is 13.8 Å². The Morgan fingerprint density at radius 1 is 1.27 bits per heavy atom. The molecule has 1 fully saturated rings. The molecular weight excluding hydrogens is 338 g/mol. The predicted octanol–water partition coefficient (Wildman–Crippen LogP) is 0.485. The third-order valence-electron chi connectivity index (χ3n) is 4.75. The first-order valence-corrected chi connectivity index (χ1v) is 8.82. The van der Waals surface area contributed by atoms with Crippen LogP contribution in [-0.2, 0) is 19.2 Å². The van der Waals surface area contributed by atoms with E-state index in [9.17, 15) is 19.2 Å². The molecule has 2 N–H and O–H groups in total. The summed E-state index contributed by atoms with van der Waals surface area (Å²) in [5, 5.41) is 11.4. The molecule has 1 heterocycles. The Balaban J connectivity index is 2.79. The van der Waals surface area contributed by atoms with Gasteiger partial charge in [-0.25, -0.2) is 0 Å². The van der Waals surface area contributed by atoms with Crippen molar-refractivity contribution in [1.82, 2.24) is 15.1 Å². The van der Waals surface area contributed by atoms with Crippen molar-refractivity contribution < 1.29 is 24.3 Å². The molecular formula is C18H29N3O5. The summed E-state index contributed by atoms with van der Waals surface area (Å²) in [5.41, 5.74) is 0.528. The lowest BCUT2D eigenvalue weighted by atomic mass is 9.96. The number of carboxylic acids is 1. The fraction of sp³-hybridized carbons (Fsp3) is 0.667. The molecule has 146 valence electrons. The second-order valence-electron chi connectivity index (χ2n) is 6.99. The number of nitrogens with zero attached hydrogens (tertiary/aromatic N) is 2. The standard InChI is InChI=1S/C18H29N3O5/c1-12(2)15(20(4)16(23)10-19-11-22)9-13(3)17(24)21-7-5-14(6-8-21)18(25)26/h9,11-12,14-15H,5-8,10H2,1-4H3,(H,19,22)(H,25,26)/b13-9+/t15-/m1/s1. The van der Waals surface area contributed by atoms with Gasteiger partial charge in [0.1, 0.15) is 0 Å². The number of hydrogen-bond acceptors (Lipinski definition) is 4. The van der Waals surface area contributed by atoms with Crippen LogP contribution in [0.4, 0.5) is 0 Å². The van der Waals surface area contributed by atoms with Crippen molar-refractivity contribution in [3.05, 3.63) is 11.6 Å². The second kappa shape index (κ2) is 9.94. The number of carbonyl (C=O) groups is 4. The van der Waals surface area contributed by atoms with Crippen LogP contribution in [0.15, 0.2) is 11.6 Å². The first kappa shape index (κ1) is 21.7. The van der Waals surface area contributed by atoms with E-state index in [0.717, 1.165) is 0 Å². The number of hydrogen-bond donors (Lipinski definition) is 2. The number of likely N-dealkylation sites (N-methyl/N-ethyl adjacent to an activating group) is 1. The minimum Gasteiger partial charge on any atom is -0.481 e. The van der Waals surface area contributed by atoms with Crippen LogP contribution >= 0.6 is 0 Å². The van der Waals surface area contributed by atoms with E-state index in [1.165, 1.54) is 4.90 Å². The highest BCUT2D eigenvalue weighted by molar-refractivity contribution is 5.93. The topological polar surface area (TPSA) is 107 Å². The molecule has 0 unspecified atom stereocenters. The average molecular weight is 367 g/mol. The number of carbonyl (C=O) groups excluding carboxylic acids is 3. The van der Waals surface area contributed by atoms with Gasteiger partial charge in [-0.1, -0.05) is 19.9 Å². The first-order valence-electron chi connectivity index (χ1n) is 8.82. The molecule has 0 aromatic carbocycles. The van der Waals surface area contributed by atoms with Gasteiger partial charge in [-0.05, 0) is 25.7 Å². The van der Waals surface area contributed by atoms with Crippen molar-refractivity contribution in [3.8, 4) is 0 Å². The quantitative estimate of drug-likeness (QED) is 0.479. The summed E-state index contributed by atoms with van der Waals surface area (Å²) >= 11 is 0. The van der Waals surface area contributed by atoms with Crippen molar-refractivity contribution in [1.29, 1.82) is 0 Å². The van der Waals surface area contributed by atoms with Crippen molar-refractivity contribution in [2.75, 3.05) is 26.7 Å². The molecule has 3 amide bonds. The summed E-state index contributed by atoms with van der Waals surface area (Å²) in [6.07, 6.45) is 3.16. The largest absolute Gasteiger partial charge is 0.481 e. The second-order valence-corrected chi connectivity index (χ2v) is 6.99. The number of amides is 3. The fourth-order valence-electron chi connectivity index (χ4n) is 3.08. The van der Waals surface area contributed by atoms with Gasteiger partial charge in [0, 0.05) is 25.7 Å². The molecule has 0 aromatic rings. The SMILES string of the molecule is C/C(=C\[C@H](C(C)C)N(C)C(=O)CNC=O)C(=O)N1CCC(C(=O)O)CC1. The van der Waals surface area contributed by atoms with Crippen LogP contribution in [0.5, 0.6) is 0 Å². The Hall–Kier alpha value is -2.38. The van der Waals surface area contributed by atoms with Crippen LogP contribution in [0.2, 0.25) is 0 Å². The molecule has 8 heteroatoms. The Morgan fingerprint density at radius 3 is 2.31 bits per heavy atom. The summed E-state index contributed by atoms with van der Waals surface area (Å²) in [6.45, 7) is 6.37. The zero-order chi connectivity index (χ0) is 19.9. The van der Waals surface area contributed by atoms with E-state index in [0.29, 0.717) is 37.9 Å². The fourth-order valence-corrected chi connectivity index (χ4v) is 3.08. The lowest BCUT2D eigenvalue weighted by Crippen LogP contribution is -2.44. The van der Waals surface area contributed by atoms with E-state index in [4.69, 9.17) is 5.11 Å². The van der Waals surface area contributed by atoms with E-state index >= 15 is 0 Å². The van der Waals surface area contributed by atoms with E-state index in [-0.39, 0.29) is 36.2 Å². The van der Waals surface area contributed by atoms with Crippen LogP contribution in [-0.4, -0.2) is 71.8 Å². The summed E-state index contributed by atoms with van der Waals surface area (Å²) < 4.78 is 0. The van der Waals surface area contributed by atoms with Crippen molar-refractivity contribution in [2.45, 2.75) is 39.7 Å². The highest BCUT2D eigenvalue weighted by Crippen LogP contribution is 2.20. The number of aliphatic carboxylic acids is 1. The Morgan fingerprint density at radius 2 is 1.85 bits per heavy atom. The number of rotatable bonds is 8. The van der Waals surface area contributed by atoms with Crippen LogP contribution in [0.1, 0.15) is 33.6 Å². The van der Waals surface area contributed by atoms with Gasteiger partial charge in [-0.2, -0.15) is 0 Å². The molecule has 8 nitrogen and oxygen atoms in total. The van der Waals surface area contributed by atoms with Gasteiger partial charge in [-0.3, -0.25) is 19.2 Å². The minimum absolute atomic E-state index is 0.0840. The Bertz CT molecular complexity index is 565. The number of carboxylic acid groups (broad SMARTS) is 1. The molecule has 26 heavy (non-hydrogen) atoms. The normalized spacial score (nSPS) is 17.0. The smallest absolute Gasteiger partial charge is 0.306 e. The third-order valence-corrected chi connectivity index (χ3v) is 4.75. The monoisotopic (exact) mass is 367 g/mol. The summed E-state index contributed by atoms with van der Waals surface area (Å²) in [7, 11) is 1.64. The molecule has 1 atom stereocenters. The van der Waals surface area contributed by atoms with Crippen LogP contribution < -0.4 is 5.32 Å². The zero-order valence-corrected chi connectivity index (χ0v) is 15.9. The maximum atomic E-state index is 12.6. The van der Waals surface area contributed by atoms with Gasteiger partial charge in [0.15, 0.2) is 0 Å². The Labute approximate surface area is 154 Å². The van der Waals surface area contributed by atoms with E-state index in [2.05, 4.69) is 5.32 Å². The zero-order valence-electron chi connectivity index (χ0n) is 15.9. The van der Waals surface area contributed by atoms with Gasteiger partial charge in [-0.15, -0.1) is 0 Å². The van der Waals surface area contributed by atoms with Gasteiger partial charge in [0.05, 0.1) is 18.5 Å². The van der Waals surface area contributed by atoms with Gasteiger partial charge in [0.2, 0.25) is 18.2 Å². The van der Waals surface area contributed by atoms with E-state index < -0.39 is 5.97 Å². The maximum Gasteiger partial charge on any atom is 0.306 e. The number of nitrogens with one attached hydrogen (secondary N) is 1. The van der Waals surface area contributed by atoms with Crippen molar-refractivity contribution in [3.63, 3.8) is 0 Å². The van der Waals surface area contributed by atoms with Gasteiger partial charge >= 0.3 is 5.97 Å². The minimum atomic E-state index is -0.812. The van der Waals surface area contributed by atoms with E-state index in [1.54, 1.807) is 24.9 Å². The lowest BCUT2D eigenvalue weighted by molar-refractivity contribution is -0.145. The lowest BCUT2D eigenvalue weighted by Gasteiger charge is -2.32. The van der Waals surface area contributed by atoms with Gasteiger partial charge in [0.25, 0.3) is 0 Å². The number of likely N-dealkylation sites (tertiary alicyclic amines) is 1. The molecule has 0 aliphatic carbocycles.